The number of carbonyl (C=O) groups excluding carboxylic acids is 2. The molecule has 6 nitrogen and oxygen atoms in total. The normalized spacial score (nSPS) is 14.6. The van der Waals surface area contributed by atoms with Crippen molar-refractivity contribution >= 4 is 34.6 Å². The number of amides is 2. The van der Waals surface area contributed by atoms with Gasteiger partial charge in [-0.05, 0) is 50.5 Å². The molecule has 7 heteroatoms. The summed E-state index contributed by atoms with van der Waals surface area (Å²) in [4.78, 5) is 24.7. The summed E-state index contributed by atoms with van der Waals surface area (Å²) in [6.07, 6.45) is -0.0922. The van der Waals surface area contributed by atoms with Crippen LogP contribution in [0.25, 0.3) is 11.0 Å². The molecular formula is C20H27ClN2O4. The first-order valence-electron chi connectivity index (χ1n) is 9.17. The Bertz CT molecular complexity index is 802. The number of halogens is 1. The van der Waals surface area contributed by atoms with Crippen molar-refractivity contribution in [3.63, 3.8) is 0 Å². The number of hydrogen-bond donors (Lipinski definition) is 2. The van der Waals surface area contributed by atoms with Crippen molar-refractivity contribution in [2.24, 2.45) is 5.92 Å². The van der Waals surface area contributed by atoms with Crippen molar-refractivity contribution in [3.8, 4) is 0 Å². The standard InChI is InChI=1S/C20H27ClN2O4/c1-6-12(4)26-20(25)23-18(11(2)3)19(24)22-13(5)17-10-14-9-15(21)7-8-16(14)27-17/h7-13,18H,6H2,1-5H3,(H,22,24)(H,23,25)/t12?,13?,18-/m0/s1. The van der Waals surface area contributed by atoms with Gasteiger partial charge in [-0.2, -0.15) is 0 Å². The largest absolute Gasteiger partial charge is 0.459 e. The maximum absolute atomic E-state index is 12.7. The Morgan fingerprint density at radius 1 is 1.15 bits per heavy atom. The SMILES string of the molecule is CCC(C)OC(=O)N[C@H](C(=O)NC(C)c1cc2cc(Cl)ccc2o1)C(C)C. The van der Waals surface area contributed by atoms with E-state index in [9.17, 15) is 9.59 Å². The highest BCUT2D eigenvalue weighted by molar-refractivity contribution is 6.31. The van der Waals surface area contributed by atoms with Crippen LogP contribution in [0.15, 0.2) is 28.7 Å². The highest BCUT2D eigenvalue weighted by Crippen LogP contribution is 2.26. The summed E-state index contributed by atoms with van der Waals surface area (Å²) < 4.78 is 11.0. The van der Waals surface area contributed by atoms with Crippen molar-refractivity contribution in [2.75, 3.05) is 0 Å². The summed E-state index contributed by atoms with van der Waals surface area (Å²) in [5.41, 5.74) is 0.700. The minimum Gasteiger partial charge on any atom is -0.459 e. The maximum atomic E-state index is 12.7. The third kappa shape index (κ3) is 5.63. The molecule has 27 heavy (non-hydrogen) atoms. The number of carbonyl (C=O) groups is 2. The summed E-state index contributed by atoms with van der Waals surface area (Å²) in [6.45, 7) is 9.28. The number of fused-ring (bicyclic) bond motifs is 1. The van der Waals surface area contributed by atoms with E-state index in [0.29, 0.717) is 22.8 Å². The summed E-state index contributed by atoms with van der Waals surface area (Å²) in [6, 6.07) is 6.13. The van der Waals surface area contributed by atoms with Gasteiger partial charge in [-0.3, -0.25) is 4.79 Å². The number of benzene rings is 1. The van der Waals surface area contributed by atoms with Gasteiger partial charge in [0.25, 0.3) is 0 Å². The third-order valence-electron chi connectivity index (χ3n) is 4.39. The molecule has 0 aliphatic heterocycles. The van der Waals surface area contributed by atoms with E-state index in [-0.39, 0.29) is 24.0 Å². The molecular weight excluding hydrogens is 368 g/mol. The molecule has 2 amide bonds. The summed E-state index contributed by atoms with van der Waals surface area (Å²) in [5, 5.41) is 7.03. The van der Waals surface area contributed by atoms with E-state index >= 15 is 0 Å². The van der Waals surface area contributed by atoms with Crippen LogP contribution in [-0.4, -0.2) is 24.1 Å². The monoisotopic (exact) mass is 394 g/mol. The van der Waals surface area contributed by atoms with Gasteiger partial charge in [-0.15, -0.1) is 0 Å². The number of hydrogen-bond acceptors (Lipinski definition) is 4. The molecule has 1 heterocycles. The summed E-state index contributed by atoms with van der Waals surface area (Å²) in [7, 11) is 0. The molecule has 2 N–H and O–H groups in total. The van der Waals surface area contributed by atoms with Crippen molar-refractivity contribution in [1.82, 2.24) is 10.6 Å². The van der Waals surface area contributed by atoms with Crippen LogP contribution >= 0.6 is 11.6 Å². The first-order chi connectivity index (χ1) is 12.7. The van der Waals surface area contributed by atoms with Crippen LogP contribution in [0.2, 0.25) is 5.02 Å². The molecule has 0 aliphatic carbocycles. The predicted octanol–water partition coefficient (Wildman–Crippen LogP) is 4.81. The molecule has 2 unspecified atom stereocenters. The average Bonchev–Trinajstić information content (AvgIpc) is 3.02. The summed E-state index contributed by atoms with van der Waals surface area (Å²) in [5.74, 6) is 0.221. The second-order valence-electron chi connectivity index (χ2n) is 7.05. The molecule has 0 saturated carbocycles. The van der Waals surface area contributed by atoms with Gasteiger partial charge in [0.05, 0.1) is 6.04 Å². The van der Waals surface area contributed by atoms with Crippen molar-refractivity contribution in [1.29, 1.82) is 0 Å². The highest BCUT2D eigenvalue weighted by atomic mass is 35.5. The zero-order chi connectivity index (χ0) is 20.1. The fourth-order valence-electron chi connectivity index (χ4n) is 2.58. The lowest BCUT2D eigenvalue weighted by Gasteiger charge is -2.24. The minimum atomic E-state index is -0.706. The fraction of sp³-hybridized carbons (Fsp3) is 0.500. The second-order valence-corrected chi connectivity index (χ2v) is 7.49. The van der Waals surface area contributed by atoms with Crippen LogP contribution < -0.4 is 10.6 Å². The van der Waals surface area contributed by atoms with Gasteiger partial charge < -0.3 is 19.8 Å². The predicted molar refractivity (Wildman–Crippen MR) is 106 cm³/mol. The van der Waals surface area contributed by atoms with E-state index in [1.807, 2.05) is 39.8 Å². The van der Waals surface area contributed by atoms with Gasteiger partial charge in [-0.25, -0.2) is 4.79 Å². The van der Waals surface area contributed by atoms with Gasteiger partial charge in [0.2, 0.25) is 5.91 Å². The summed E-state index contributed by atoms with van der Waals surface area (Å²) >= 11 is 6.00. The number of nitrogens with one attached hydrogen (secondary N) is 2. The number of furan rings is 1. The maximum Gasteiger partial charge on any atom is 0.408 e. The Morgan fingerprint density at radius 3 is 2.48 bits per heavy atom. The second kappa shape index (κ2) is 9.13. The molecule has 0 aliphatic rings. The Hall–Kier alpha value is -2.21. The molecule has 0 spiro atoms. The van der Waals surface area contributed by atoms with E-state index in [0.717, 1.165) is 5.39 Å². The van der Waals surface area contributed by atoms with Crippen molar-refractivity contribution in [3.05, 3.63) is 35.0 Å². The van der Waals surface area contributed by atoms with E-state index in [4.69, 9.17) is 20.8 Å². The van der Waals surface area contributed by atoms with Crippen molar-refractivity contribution in [2.45, 2.75) is 59.2 Å². The van der Waals surface area contributed by atoms with Crippen LogP contribution in [0.3, 0.4) is 0 Å². The van der Waals surface area contributed by atoms with Gasteiger partial charge in [0.15, 0.2) is 0 Å². The average molecular weight is 395 g/mol. The van der Waals surface area contributed by atoms with Gasteiger partial charge in [0, 0.05) is 10.4 Å². The smallest absolute Gasteiger partial charge is 0.408 e. The van der Waals surface area contributed by atoms with Gasteiger partial charge in [-0.1, -0.05) is 32.4 Å². The zero-order valence-electron chi connectivity index (χ0n) is 16.3. The number of ether oxygens (including phenoxy) is 1. The van der Waals surface area contributed by atoms with E-state index in [1.165, 1.54) is 0 Å². The molecule has 2 rings (SSSR count). The minimum absolute atomic E-state index is 0.101. The molecule has 2 aromatic rings. The molecule has 148 valence electrons. The van der Waals surface area contributed by atoms with Crippen LogP contribution in [0, 0.1) is 5.92 Å². The van der Waals surface area contributed by atoms with E-state index in [2.05, 4.69) is 10.6 Å². The lowest BCUT2D eigenvalue weighted by atomic mass is 10.0. The van der Waals surface area contributed by atoms with Crippen LogP contribution in [0.5, 0.6) is 0 Å². The first kappa shape index (κ1) is 21.1. The molecule has 1 aromatic heterocycles. The van der Waals surface area contributed by atoms with Crippen LogP contribution in [-0.2, 0) is 9.53 Å². The Balaban J connectivity index is 2.05. The third-order valence-corrected chi connectivity index (χ3v) is 4.62. The Morgan fingerprint density at radius 2 is 1.85 bits per heavy atom. The zero-order valence-corrected chi connectivity index (χ0v) is 17.1. The van der Waals surface area contributed by atoms with Gasteiger partial charge in [0.1, 0.15) is 23.5 Å². The highest BCUT2D eigenvalue weighted by Gasteiger charge is 2.27. The fourth-order valence-corrected chi connectivity index (χ4v) is 2.76. The lowest BCUT2D eigenvalue weighted by Crippen LogP contribution is -2.50. The number of alkyl carbamates (subject to hydrolysis) is 1. The lowest BCUT2D eigenvalue weighted by molar-refractivity contribution is -0.124. The topological polar surface area (TPSA) is 80.6 Å². The van der Waals surface area contributed by atoms with Crippen LogP contribution in [0.1, 0.15) is 52.8 Å². The molecule has 3 atom stereocenters. The van der Waals surface area contributed by atoms with E-state index < -0.39 is 12.1 Å². The van der Waals surface area contributed by atoms with Crippen molar-refractivity contribution < 1.29 is 18.7 Å². The quantitative estimate of drug-likeness (QED) is 0.705. The molecule has 0 saturated heterocycles. The van der Waals surface area contributed by atoms with E-state index in [1.54, 1.807) is 19.1 Å². The molecule has 0 bridgehead atoms. The van der Waals surface area contributed by atoms with Gasteiger partial charge >= 0.3 is 6.09 Å². The number of rotatable bonds is 7. The molecule has 0 radical (unpaired) electrons. The Kier molecular flexibility index (Phi) is 7.13. The molecule has 0 fully saturated rings. The first-order valence-corrected chi connectivity index (χ1v) is 9.55. The Labute approximate surface area is 164 Å². The van der Waals surface area contributed by atoms with Crippen LogP contribution in [0.4, 0.5) is 4.79 Å². The molecule has 1 aromatic carbocycles.